The van der Waals surface area contributed by atoms with Gasteiger partial charge in [-0.05, 0) is 47.9 Å². The Morgan fingerprint density at radius 3 is 2.39 bits per heavy atom. The lowest BCUT2D eigenvalue weighted by Gasteiger charge is -2.37. The van der Waals surface area contributed by atoms with Crippen LogP contribution in [0.15, 0.2) is 72.8 Å². The number of hydrogen-bond donors (Lipinski definition) is 2. The number of benzene rings is 4. The fourth-order valence-electron chi connectivity index (χ4n) is 5.07. The number of carbonyl (C=O) groups excluding carboxylic acids is 1. The summed E-state index contributed by atoms with van der Waals surface area (Å²) >= 11 is 0. The van der Waals surface area contributed by atoms with E-state index in [-0.39, 0.29) is 11.5 Å². The summed E-state index contributed by atoms with van der Waals surface area (Å²) in [7, 11) is 0. The van der Waals surface area contributed by atoms with Crippen molar-refractivity contribution in [1.82, 2.24) is 0 Å². The summed E-state index contributed by atoms with van der Waals surface area (Å²) in [6.07, 6.45) is 0. The minimum Gasteiger partial charge on any atom is -0.508 e. The number of ether oxygens (including phenoxy) is 2. The second-order valence-electron chi connectivity index (χ2n) is 8.25. The molecule has 5 heteroatoms. The van der Waals surface area contributed by atoms with Crippen LogP contribution in [0.4, 0.5) is 0 Å². The van der Waals surface area contributed by atoms with Crippen molar-refractivity contribution in [3.63, 3.8) is 0 Å². The van der Waals surface area contributed by atoms with Gasteiger partial charge in [0.05, 0.1) is 5.56 Å². The van der Waals surface area contributed by atoms with Crippen molar-refractivity contribution >= 4 is 27.5 Å². The van der Waals surface area contributed by atoms with E-state index < -0.39 is 11.6 Å². The van der Waals surface area contributed by atoms with E-state index in [1.165, 1.54) is 0 Å². The highest BCUT2D eigenvalue weighted by Gasteiger charge is 2.54. The molecule has 0 amide bonds. The molecule has 2 aliphatic heterocycles. The number of hydrogen-bond acceptors (Lipinski definition) is 5. The second kappa shape index (κ2) is 5.96. The topological polar surface area (TPSA) is 76.0 Å². The van der Waals surface area contributed by atoms with Crippen LogP contribution in [0.1, 0.15) is 27.0 Å². The van der Waals surface area contributed by atoms with Crippen LogP contribution in [0.3, 0.4) is 0 Å². The fourth-order valence-corrected chi connectivity index (χ4v) is 5.07. The zero-order valence-electron chi connectivity index (χ0n) is 17.0. The van der Waals surface area contributed by atoms with Gasteiger partial charge in [0.2, 0.25) is 0 Å². The summed E-state index contributed by atoms with van der Waals surface area (Å²) in [6, 6.07) is 27.1. The molecular weight excluding hydrogens is 416 g/mol. The van der Waals surface area contributed by atoms with E-state index in [0.717, 1.165) is 10.9 Å². The maximum atomic E-state index is 13.0. The summed E-state index contributed by atoms with van der Waals surface area (Å²) in [6.45, 7) is 0. The minimum atomic E-state index is -1.24. The first-order chi connectivity index (χ1) is 16.1. The van der Waals surface area contributed by atoms with Gasteiger partial charge in [-0.25, -0.2) is 4.79 Å². The van der Waals surface area contributed by atoms with Gasteiger partial charge >= 0.3 is 5.97 Å². The molecule has 2 aliphatic rings. The Labute approximate surface area is 188 Å². The van der Waals surface area contributed by atoms with E-state index in [9.17, 15) is 15.0 Å². The van der Waals surface area contributed by atoms with Crippen LogP contribution in [0.5, 0.6) is 23.0 Å². The highest BCUT2D eigenvalue weighted by atomic mass is 16.6. The third kappa shape index (κ3) is 2.19. The second-order valence-corrected chi connectivity index (χ2v) is 8.25. The molecular formula is C28H14O5. The van der Waals surface area contributed by atoms with Gasteiger partial charge in [0.1, 0.15) is 17.2 Å². The number of phenolic OH excluding ortho intramolecular Hbond substituents is 1. The van der Waals surface area contributed by atoms with Gasteiger partial charge in [-0.15, -0.1) is 0 Å². The summed E-state index contributed by atoms with van der Waals surface area (Å²) in [4.78, 5) is 13.0. The minimum absolute atomic E-state index is 0.0706. The van der Waals surface area contributed by atoms with Crippen molar-refractivity contribution in [2.45, 2.75) is 5.60 Å². The Morgan fingerprint density at radius 1 is 0.758 bits per heavy atom. The fraction of sp³-hybridized carbons (Fsp3) is 0.0357. The average molecular weight is 430 g/mol. The first-order valence-corrected chi connectivity index (χ1v) is 10.4. The van der Waals surface area contributed by atoms with E-state index in [4.69, 9.17) is 9.47 Å². The van der Waals surface area contributed by atoms with E-state index in [2.05, 4.69) is 12.1 Å². The quantitative estimate of drug-likeness (QED) is 0.314. The number of esters is 1. The monoisotopic (exact) mass is 430 g/mol. The van der Waals surface area contributed by atoms with Gasteiger partial charge in [0, 0.05) is 38.9 Å². The molecule has 7 rings (SSSR count). The largest absolute Gasteiger partial charge is 0.508 e. The van der Waals surface area contributed by atoms with E-state index >= 15 is 0 Å². The Balaban J connectivity index is 1.68. The standard InChI is InChI=1S/C28H14O5/c29-17-9-5-15-7-11-23-25(20(15)13-17)32-26-21-14-18(30)10-6-16(21)8-12-24(26)28(23)22-4-2-1-3-19(22)27(31)33-28/h1-5,7-9,11-14,29-30H. The molecule has 0 bridgehead atoms. The first-order valence-electron chi connectivity index (χ1n) is 10.4. The van der Waals surface area contributed by atoms with Crippen molar-refractivity contribution in [3.05, 3.63) is 107 Å². The zero-order chi connectivity index (χ0) is 22.3. The van der Waals surface area contributed by atoms with Crippen molar-refractivity contribution < 1.29 is 24.5 Å². The molecule has 33 heavy (non-hydrogen) atoms. The zero-order valence-corrected chi connectivity index (χ0v) is 17.0. The van der Waals surface area contributed by atoms with E-state index in [1.54, 1.807) is 24.3 Å². The number of rotatable bonds is 0. The molecule has 5 aromatic carbocycles. The molecule has 1 unspecified atom stereocenters. The highest BCUT2D eigenvalue weighted by molar-refractivity contribution is 6.01. The van der Waals surface area contributed by atoms with Crippen molar-refractivity contribution in [1.29, 1.82) is 0 Å². The Morgan fingerprint density at radius 2 is 1.52 bits per heavy atom. The third-order valence-electron chi connectivity index (χ3n) is 6.49. The Hall–Kier alpha value is -4.69. The molecule has 2 heterocycles. The molecule has 2 N–H and O–H groups in total. The van der Waals surface area contributed by atoms with E-state index in [1.807, 2.05) is 48.5 Å². The van der Waals surface area contributed by atoms with Crippen LogP contribution in [0, 0.1) is 12.1 Å². The van der Waals surface area contributed by atoms with Gasteiger partial charge in [0.25, 0.3) is 0 Å². The van der Waals surface area contributed by atoms with Crippen LogP contribution in [-0.4, -0.2) is 16.2 Å². The van der Waals surface area contributed by atoms with Crippen LogP contribution < -0.4 is 4.74 Å². The van der Waals surface area contributed by atoms with Crippen LogP contribution >= 0.6 is 0 Å². The number of aromatic hydroxyl groups is 2. The maximum Gasteiger partial charge on any atom is 0.340 e. The lowest BCUT2D eigenvalue weighted by molar-refractivity contribution is 0.0226. The molecule has 0 saturated heterocycles. The normalized spacial score (nSPS) is 14.8. The van der Waals surface area contributed by atoms with E-state index in [0.29, 0.717) is 44.3 Å². The third-order valence-corrected chi connectivity index (χ3v) is 6.49. The maximum absolute atomic E-state index is 13.0. The number of fused-ring (bicyclic) bond motifs is 10. The predicted molar refractivity (Wildman–Crippen MR) is 121 cm³/mol. The van der Waals surface area contributed by atoms with Crippen LogP contribution in [-0.2, 0) is 10.3 Å². The molecule has 156 valence electrons. The highest BCUT2D eigenvalue weighted by Crippen LogP contribution is 2.58. The first kappa shape index (κ1) is 17.9. The molecule has 0 fully saturated rings. The van der Waals surface area contributed by atoms with Crippen molar-refractivity contribution in [2.75, 3.05) is 0 Å². The van der Waals surface area contributed by atoms with Gasteiger partial charge in [0.15, 0.2) is 11.4 Å². The van der Waals surface area contributed by atoms with Gasteiger partial charge < -0.3 is 19.7 Å². The number of carbonyl (C=O) groups is 1. The smallest absolute Gasteiger partial charge is 0.340 e. The summed E-state index contributed by atoms with van der Waals surface area (Å²) in [5.41, 5.74) is 1.29. The summed E-state index contributed by atoms with van der Waals surface area (Å²) in [5.74, 6) is 0.554. The Bertz CT molecular complexity index is 1580. The van der Waals surface area contributed by atoms with Gasteiger partial charge in [-0.3, -0.25) is 0 Å². The molecule has 0 saturated carbocycles. The lowest BCUT2D eigenvalue weighted by atomic mass is 9.76. The molecule has 1 atom stereocenters. The SMILES string of the molecule is O=C1OC2(c3ccccc31)c1ccc3c#cc(O)cc3c1Oc1c2ccc2ccc(O)cc12. The van der Waals surface area contributed by atoms with Crippen molar-refractivity contribution in [3.8, 4) is 23.0 Å². The van der Waals surface area contributed by atoms with Crippen LogP contribution in [0.2, 0.25) is 0 Å². The average Bonchev–Trinajstić information content (AvgIpc) is 3.12. The molecule has 5 nitrogen and oxygen atoms in total. The lowest BCUT2D eigenvalue weighted by Crippen LogP contribution is -2.33. The van der Waals surface area contributed by atoms with Gasteiger partial charge in [-0.1, -0.05) is 36.4 Å². The summed E-state index contributed by atoms with van der Waals surface area (Å²) in [5, 5.41) is 23.2. The van der Waals surface area contributed by atoms with Gasteiger partial charge in [-0.2, -0.15) is 0 Å². The molecule has 1 spiro atoms. The molecule has 0 aromatic heterocycles. The molecule has 5 aromatic rings. The predicted octanol–water partition coefficient (Wildman–Crippen LogP) is 5.57. The molecule has 0 radical (unpaired) electrons. The Kier molecular flexibility index (Phi) is 3.24. The van der Waals surface area contributed by atoms with Crippen molar-refractivity contribution in [2.24, 2.45) is 0 Å². The van der Waals surface area contributed by atoms with Crippen LogP contribution in [0.25, 0.3) is 21.5 Å². The molecule has 0 aliphatic carbocycles. The number of phenols is 1. The summed E-state index contributed by atoms with van der Waals surface area (Å²) < 4.78 is 12.7.